The van der Waals surface area contributed by atoms with E-state index in [1.54, 1.807) is 24.2 Å². The van der Waals surface area contributed by atoms with Gasteiger partial charge in [0.1, 0.15) is 0 Å². The van der Waals surface area contributed by atoms with Crippen molar-refractivity contribution in [2.45, 2.75) is 37.9 Å². The van der Waals surface area contributed by atoms with Crippen LogP contribution < -0.4 is 5.32 Å². The van der Waals surface area contributed by atoms with E-state index in [0.29, 0.717) is 6.04 Å². The topological polar surface area (TPSA) is 37.8 Å². The number of hydrogen-bond acceptors (Lipinski definition) is 4. The van der Waals surface area contributed by atoms with Gasteiger partial charge >= 0.3 is 0 Å². The van der Waals surface area contributed by atoms with Gasteiger partial charge in [0.05, 0.1) is 0 Å². The van der Waals surface area contributed by atoms with Gasteiger partial charge in [-0.25, -0.2) is 9.97 Å². The summed E-state index contributed by atoms with van der Waals surface area (Å²) >= 11 is 1.69. The van der Waals surface area contributed by atoms with E-state index in [0.717, 1.165) is 23.9 Å². The van der Waals surface area contributed by atoms with Crippen LogP contribution in [-0.4, -0.2) is 22.3 Å². The molecule has 1 unspecified atom stereocenters. The molecule has 0 aliphatic rings. The van der Waals surface area contributed by atoms with Gasteiger partial charge in [-0.2, -0.15) is 0 Å². The van der Waals surface area contributed by atoms with Crippen LogP contribution in [0, 0.1) is 0 Å². The summed E-state index contributed by atoms with van der Waals surface area (Å²) in [4.78, 5) is 8.53. The molecule has 0 aliphatic heterocycles. The molecule has 1 atom stereocenters. The Kier molecular flexibility index (Phi) is 6.70. The van der Waals surface area contributed by atoms with E-state index in [1.165, 1.54) is 17.5 Å². The third-order valence-electron chi connectivity index (χ3n) is 3.29. The largest absolute Gasteiger partial charge is 0.309 e. The van der Waals surface area contributed by atoms with Crippen LogP contribution in [0.5, 0.6) is 0 Å². The number of thioether (sulfide) groups is 1. The summed E-state index contributed by atoms with van der Waals surface area (Å²) in [5, 5.41) is 4.38. The minimum atomic E-state index is 0.333. The molecule has 0 saturated heterocycles. The maximum absolute atomic E-state index is 4.27. The van der Waals surface area contributed by atoms with E-state index in [-0.39, 0.29) is 0 Å². The van der Waals surface area contributed by atoms with Gasteiger partial charge in [0, 0.05) is 24.2 Å². The molecular weight excluding hydrogens is 278 g/mol. The predicted octanol–water partition coefficient (Wildman–Crippen LogP) is 3.87. The third kappa shape index (κ3) is 5.14. The van der Waals surface area contributed by atoms with Gasteiger partial charge in [0.25, 0.3) is 0 Å². The summed E-state index contributed by atoms with van der Waals surface area (Å²) < 4.78 is 0. The molecule has 1 N–H and O–H groups in total. The molecule has 2 rings (SSSR count). The number of aromatic nitrogens is 2. The number of nitrogens with one attached hydrogen (secondary N) is 1. The summed E-state index contributed by atoms with van der Waals surface area (Å²) in [6, 6.07) is 11.1. The summed E-state index contributed by atoms with van der Waals surface area (Å²) in [5.41, 5.74) is 2.75. The molecule has 0 bridgehead atoms. The van der Waals surface area contributed by atoms with Crippen molar-refractivity contribution in [1.29, 1.82) is 0 Å². The number of aryl methyl sites for hydroxylation is 1. The minimum absolute atomic E-state index is 0.333. The maximum Gasteiger partial charge on any atom is 0.187 e. The lowest BCUT2D eigenvalue weighted by Crippen LogP contribution is -2.23. The van der Waals surface area contributed by atoms with Crippen LogP contribution in [0.2, 0.25) is 0 Å². The Morgan fingerprint density at radius 1 is 1.10 bits per heavy atom. The van der Waals surface area contributed by atoms with Crippen LogP contribution in [0.4, 0.5) is 0 Å². The molecule has 0 radical (unpaired) electrons. The smallest absolute Gasteiger partial charge is 0.187 e. The molecule has 0 saturated carbocycles. The van der Waals surface area contributed by atoms with Gasteiger partial charge in [-0.05, 0) is 30.2 Å². The molecule has 1 aromatic heterocycles. The zero-order chi connectivity index (χ0) is 14.9. The second-order valence-electron chi connectivity index (χ2n) is 4.94. The first-order valence-electron chi connectivity index (χ1n) is 7.55. The van der Waals surface area contributed by atoms with Crippen molar-refractivity contribution in [1.82, 2.24) is 15.3 Å². The van der Waals surface area contributed by atoms with Crippen molar-refractivity contribution in [3.63, 3.8) is 0 Å². The Labute approximate surface area is 131 Å². The molecule has 0 amide bonds. The van der Waals surface area contributed by atoms with Crippen molar-refractivity contribution in [3.8, 4) is 0 Å². The lowest BCUT2D eigenvalue weighted by atomic mass is 10.0. The highest BCUT2D eigenvalue weighted by atomic mass is 32.2. The maximum atomic E-state index is 4.27. The molecule has 0 spiro atoms. The molecule has 0 aliphatic carbocycles. The normalized spacial score (nSPS) is 12.3. The fourth-order valence-corrected chi connectivity index (χ4v) is 3.14. The Bertz CT molecular complexity index is 513. The average Bonchev–Trinajstić information content (AvgIpc) is 2.54. The Hall–Kier alpha value is -1.39. The van der Waals surface area contributed by atoms with Gasteiger partial charge in [-0.1, -0.05) is 56.3 Å². The lowest BCUT2D eigenvalue weighted by molar-refractivity contribution is 0.605. The Balaban J connectivity index is 2.00. The first-order valence-corrected chi connectivity index (χ1v) is 8.54. The number of hydrogen-bond donors (Lipinski definition) is 1. The molecule has 1 aromatic carbocycles. The van der Waals surface area contributed by atoms with Crippen molar-refractivity contribution >= 4 is 11.8 Å². The molecule has 2 aromatic rings. The van der Waals surface area contributed by atoms with E-state index in [1.807, 2.05) is 6.07 Å². The molecule has 0 fully saturated rings. The fourth-order valence-electron chi connectivity index (χ4n) is 2.24. The standard InChI is InChI=1S/C17H23N3S/c1-3-6-14-7-9-15(10-8-14)16(18-4-2)13-21-17-19-11-5-12-20-17/h5,7-12,16,18H,3-4,6,13H2,1-2H3. The summed E-state index contributed by atoms with van der Waals surface area (Å²) in [6.07, 6.45) is 5.92. The van der Waals surface area contributed by atoms with Gasteiger partial charge in [-0.3, -0.25) is 0 Å². The fraction of sp³-hybridized carbons (Fsp3) is 0.412. The lowest BCUT2D eigenvalue weighted by Gasteiger charge is -2.18. The molecule has 3 nitrogen and oxygen atoms in total. The second kappa shape index (κ2) is 8.80. The second-order valence-corrected chi connectivity index (χ2v) is 5.93. The monoisotopic (exact) mass is 301 g/mol. The first kappa shape index (κ1) is 16.0. The van der Waals surface area contributed by atoms with Gasteiger partial charge in [0.2, 0.25) is 0 Å². The van der Waals surface area contributed by atoms with E-state index >= 15 is 0 Å². The van der Waals surface area contributed by atoms with E-state index in [2.05, 4.69) is 53.4 Å². The van der Waals surface area contributed by atoms with Crippen LogP contribution in [0.25, 0.3) is 0 Å². The zero-order valence-electron chi connectivity index (χ0n) is 12.7. The SMILES string of the molecule is CCCc1ccc(C(CSc2ncccn2)NCC)cc1. The summed E-state index contributed by atoms with van der Waals surface area (Å²) in [7, 11) is 0. The van der Waals surface area contributed by atoms with Crippen molar-refractivity contribution in [2.75, 3.05) is 12.3 Å². The number of nitrogens with zero attached hydrogens (tertiary/aromatic N) is 2. The molecular formula is C17H23N3S. The highest BCUT2D eigenvalue weighted by Gasteiger charge is 2.11. The van der Waals surface area contributed by atoms with Crippen LogP contribution >= 0.6 is 11.8 Å². The number of rotatable bonds is 8. The van der Waals surface area contributed by atoms with Gasteiger partial charge < -0.3 is 5.32 Å². The number of benzene rings is 1. The minimum Gasteiger partial charge on any atom is -0.309 e. The van der Waals surface area contributed by atoms with E-state index in [9.17, 15) is 0 Å². The summed E-state index contributed by atoms with van der Waals surface area (Å²) in [5.74, 6) is 0.935. The van der Waals surface area contributed by atoms with Crippen LogP contribution in [0.1, 0.15) is 37.4 Å². The predicted molar refractivity (Wildman–Crippen MR) is 89.6 cm³/mol. The highest BCUT2D eigenvalue weighted by Crippen LogP contribution is 2.22. The zero-order valence-corrected chi connectivity index (χ0v) is 13.6. The van der Waals surface area contributed by atoms with E-state index in [4.69, 9.17) is 0 Å². The van der Waals surface area contributed by atoms with Crippen molar-refractivity contribution < 1.29 is 0 Å². The van der Waals surface area contributed by atoms with Crippen LogP contribution in [0.15, 0.2) is 47.9 Å². The molecule has 1 heterocycles. The third-order valence-corrected chi connectivity index (χ3v) is 4.26. The van der Waals surface area contributed by atoms with Crippen LogP contribution in [0.3, 0.4) is 0 Å². The Morgan fingerprint density at radius 2 is 1.81 bits per heavy atom. The average molecular weight is 301 g/mol. The van der Waals surface area contributed by atoms with Gasteiger partial charge in [0.15, 0.2) is 5.16 Å². The quantitative estimate of drug-likeness (QED) is 0.593. The summed E-state index contributed by atoms with van der Waals surface area (Å²) in [6.45, 7) is 5.31. The molecule has 21 heavy (non-hydrogen) atoms. The highest BCUT2D eigenvalue weighted by molar-refractivity contribution is 7.99. The Morgan fingerprint density at radius 3 is 2.43 bits per heavy atom. The molecule has 4 heteroatoms. The van der Waals surface area contributed by atoms with Gasteiger partial charge in [-0.15, -0.1) is 0 Å². The van der Waals surface area contributed by atoms with Crippen molar-refractivity contribution in [2.24, 2.45) is 0 Å². The van der Waals surface area contributed by atoms with Crippen LogP contribution in [-0.2, 0) is 6.42 Å². The molecule has 112 valence electrons. The van der Waals surface area contributed by atoms with Crippen molar-refractivity contribution in [3.05, 3.63) is 53.9 Å². The van der Waals surface area contributed by atoms with E-state index < -0.39 is 0 Å². The first-order chi connectivity index (χ1) is 10.3.